The summed E-state index contributed by atoms with van der Waals surface area (Å²) in [6, 6.07) is 0. The van der Waals surface area contributed by atoms with Crippen molar-refractivity contribution in [2.75, 3.05) is 6.61 Å². The van der Waals surface area contributed by atoms with Gasteiger partial charge in [0, 0.05) is 6.61 Å². The Morgan fingerprint density at radius 1 is 0.545 bits per heavy atom. The highest BCUT2D eigenvalue weighted by Gasteiger charge is 2.26. The molecule has 0 aliphatic carbocycles. The molecule has 0 saturated heterocycles. The van der Waals surface area contributed by atoms with Crippen LogP contribution in [0.1, 0.15) is 103 Å². The second-order valence-corrected chi connectivity index (χ2v) is 14.0. The van der Waals surface area contributed by atoms with Gasteiger partial charge in [-0.3, -0.25) is 0 Å². The first-order valence-corrected chi connectivity index (χ1v) is 14.2. The quantitative estimate of drug-likeness (QED) is 0.139. The molecule has 0 aliphatic rings. The van der Waals surface area contributed by atoms with Gasteiger partial charge in [0.2, 0.25) is 0 Å². The van der Waals surface area contributed by atoms with E-state index in [4.69, 9.17) is 37.7 Å². The Balaban J connectivity index is 3.00. The van der Waals surface area contributed by atoms with Crippen LogP contribution in [0.15, 0.2) is 0 Å². The second-order valence-electron chi connectivity index (χ2n) is 6.24. The van der Waals surface area contributed by atoms with E-state index >= 15 is 0 Å². The summed E-state index contributed by atoms with van der Waals surface area (Å²) in [5.74, 6) is 0. The van der Waals surface area contributed by atoms with Crippen LogP contribution < -0.4 is 0 Å². The van der Waals surface area contributed by atoms with Crippen molar-refractivity contribution in [2.24, 2.45) is 0 Å². The molecular weight excluding hydrogens is 355 g/mol. The molecule has 1 nitrogen and oxygen atoms in total. The van der Waals surface area contributed by atoms with E-state index < -0.39 is 6.25 Å². The van der Waals surface area contributed by atoms with Crippen LogP contribution >= 0.6 is 33.2 Å². The van der Waals surface area contributed by atoms with Gasteiger partial charge in [-0.05, 0) is 6.42 Å². The molecule has 0 aromatic carbocycles. The smallest absolute Gasteiger partial charge is 0.381 e. The van der Waals surface area contributed by atoms with Gasteiger partial charge >= 0.3 is 6.25 Å². The van der Waals surface area contributed by atoms with Crippen molar-refractivity contribution in [1.82, 2.24) is 0 Å². The van der Waals surface area contributed by atoms with Crippen LogP contribution in [0, 0.1) is 0 Å². The van der Waals surface area contributed by atoms with Crippen molar-refractivity contribution >= 4 is 39.5 Å². The van der Waals surface area contributed by atoms with E-state index in [-0.39, 0.29) is 0 Å². The lowest BCUT2D eigenvalue weighted by Crippen LogP contribution is -2.16. The fourth-order valence-corrected chi connectivity index (χ4v) is 3.73. The van der Waals surface area contributed by atoms with Crippen LogP contribution in [0.4, 0.5) is 0 Å². The molecule has 0 bridgehead atoms. The average Bonchev–Trinajstić information content (AvgIpc) is 2.45. The first kappa shape index (κ1) is 23.0. The summed E-state index contributed by atoms with van der Waals surface area (Å²) < 4.78 is 5.18. The van der Waals surface area contributed by atoms with Crippen LogP contribution in [-0.2, 0) is 4.43 Å². The molecule has 0 fully saturated rings. The molecule has 0 spiro atoms. The maximum Gasteiger partial charge on any atom is 0.493 e. The van der Waals surface area contributed by atoms with Crippen molar-refractivity contribution in [3.05, 3.63) is 0 Å². The summed E-state index contributed by atoms with van der Waals surface area (Å²) in [4.78, 5) is 0. The predicted molar refractivity (Wildman–Crippen MR) is 104 cm³/mol. The van der Waals surface area contributed by atoms with Gasteiger partial charge < -0.3 is 4.43 Å². The summed E-state index contributed by atoms with van der Waals surface area (Å²) in [5.41, 5.74) is 0. The first-order valence-electron chi connectivity index (χ1n) is 9.27. The number of hydrogen-bond acceptors (Lipinski definition) is 1. The Kier molecular flexibility index (Phi) is 17.7. The third kappa shape index (κ3) is 21.0. The lowest BCUT2D eigenvalue weighted by molar-refractivity contribution is 0.320. The maximum absolute atomic E-state index is 5.65. The van der Waals surface area contributed by atoms with Crippen LogP contribution in [0.25, 0.3) is 0 Å². The van der Waals surface area contributed by atoms with E-state index in [1.165, 1.54) is 89.9 Å². The minimum absolute atomic E-state index is 0.598. The molecular formula is C17H35Cl3OSi. The largest absolute Gasteiger partial charge is 0.493 e. The monoisotopic (exact) mass is 388 g/mol. The zero-order valence-corrected chi connectivity index (χ0v) is 17.6. The molecule has 5 heteroatoms. The van der Waals surface area contributed by atoms with Crippen molar-refractivity contribution < 1.29 is 4.43 Å². The fourth-order valence-electron chi connectivity index (χ4n) is 2.66. The zero-order valence-electron chi connectivity index (χ0n) is 14.4. The third-order valence-corrected chi connectivity index (χ3v) is 5.53. The topological polar surface area (TPSA) is 9.23 Å². The van der Waals surface area contributed by atoms with Gasteiger partial charge in [0.05, 0.1) is 0 Å². The van der Waals surface area contributed by atoms with E-state index in [0.717, 1.165) is 6.42 Å². The molecule has 0 amide bonds. The van der Waals surface area contributed by atoms with Gasteiger partial charge in [-0.25, -0.2) is 0 Å². The summed E-state index contributed by atoms with van der Waals surface area (Å²) in [6.07, 6.45) is 17.5. The van der Waals surface area contributed by atoms with Gasteiger partial charge in [-0.1, -0.05) is 130 Å². The Bertz CT molecular complexity index is 222. The van der Waals surface area contributed by atoms with Gasteiger partial charge in [-0.2, -0.15) is 0 Å². The van der Waals surface area contributed by atoms with Crippen LogP contribution in [0.5, 0.6) is 0 Å². The summed E-state index contributed by atoms with van der Waals surface area (Å²) in [6.45, 7) is 2.88. The Hall–Kier alpha value is 1.05. The normalized spacial score (nSPS) is 12.0. The number of hydrogen-bond donors (Lipinski definition) is 0. The standard InChI is InChI=1S/C17H35Cl3OSi/c1-2-3-4-5-6-7-8-9-10-11-12-13-14-15-16-17-21-22(18,19)20/h2-17H2,1H3. The number of halogens is 3. The molecule has 22 heavy (non-hydrogen) atoms. The highest BCUT2D eigenvalue weighted by atomic mass is 35.8. The van der Waals surface area contributed by atoms with Crippen molar-refractivity contribution in [3.8, 4) is 0 Å². The van der Waals surface area contributed by atoms with E-state index in [1.807, 2.05) is 0 Å². The van der Waals surface area contributed by atoms with Crippen LogP contribution in [-0.4, -0.2) is 12.9 Å². The van der Waals surface area contributed by atoms with E-state index in [1.54, 1.807) is 0 Å². The molecule has 0 unspecified atom stereocenters. The van der Waals surface area contributed by atoms with Gasteiger partial charge in [0.1, 0.15) is 0 Å². The lowest BCUT2D eigenvalue weighted by atomic mass is 10.0. The lowest BCUT2D eigenvalue weighted by Gasteiger charge is -2.08. The molecule has 0 radical (unpaired) electrons. The van der Waals surface area contributed by atoms with Crippen LogP contribution in [0.2, 0.25) is 0 Å². The molecule has 134 valence electrons. The Morgan fingerprint density at radius 3 is 1.18 bits per heavy atom. The van der Waals surface area contributed by atoms with Crippen LogP contribution in [0.3, 0.4) is 0 Å². The average molecular weight is 390 g/mol. The Labute approximate surface area is 153 Å². The molecule has 0 atom stereocenters. The highest BCUT2D eigenvalue weighted by Crippen LogP contribution is 2.21. The van der Waals surface area contributed by atoms with Crippen molar-refractivity contribution in [3.63, 3.8) is 0 Å². The number of unbranched alkanes of at least 4 members (excludes halogenated alkanes) is 14. The molecule has 0 heterocycles. The van der Waals surface area contributed by atoms with Crippen molar-refractivity contribution in [2.45, 2.75) is 103 Å². The zero-order chi connectivity index (χ0) is 16.5. The van der Waals surface area contributed by atoms with Gasteiger partial charge in [0.15, 0.2) is 0 Å². The minimum Gasteiger partial charge on any atom is -0.381 e. The number of rotatable bonds is 17. The molecule has 0 aromatic rings. The molecule has 0 rings (SSSR count). The van der Waals surface area contributed by atoms with Crippen molar-refractivity contribution in [1.29, 1.82) is 0 Å². The maximum atomic E-state index is 5.65. The van der Waals surface area contributed by atoms with Gasteiger partial charge in [-0.15, -0.1) is 0 Å². The first-order chi connectivity index (χ1) is 10.6. The van der Waals surface area contributed by atoms with E-state index in [0.29, 0.717) is 6.61 Å². The summed E-state index contributed by atoms with van der Waals surface area (Å²) >= 11 is 16.9. The summed E-state index contributed by atoms with van der Waals surface area (Å²) in [5, 5.41) is 0. The van der Waals surface area contributed by atoms with E-state index in [9.17, 15) is 0 Å². The van der Waals surface area contributed by atoms with E-state index in [2.05, 4.69) is 6.92 Å². The Morgan fingerprint density at radius 2 is 0.864 bits per heavy atom. The highest BCUT2D eigenvalue weighted by molar-refractivity contribution is 7.62. The third-order valence-electron chi connectivity index (χ3n) is 4.01. The molecule has 0 N–H and O–H groups in total. The minimum atomic E-state index is -2.85. The summed E-state index contributed by atoms with van der Waals surface area (Å²) in [7, 11) is 0. The fraction of sp³-hybridized carbons (Fsp3) is 1.00. The molecule has 0 aromatic heterocycles. The molecule has 0 aliphatic heterocycles. The van der Waals surface area contributed by atoms with Gasteiger partial charge in [0.25, 0.3) is 0 Å². The predicted octanol–water partition coefficient (Wildman–Crippen LogP) is 8.03. The second kappa shape index (κ2) is 16.9. The SMILES string of the molecule is CCCCCCCCCCCCCCCCCO[Si](Cl)(Cl)Cl. The molecule has 0 saturated carbocycles.